The number of hydrogen-bond acceptors (Lipinski definition) is 3. The summed E-state index contributed by atoms with van der Waals surface area (Å²) in [6, 6.07) is 19.0. The monoisotopic (exact) mass is 444 g/mol. The fourth-order valence-electron chi connectivity index (χ4n) is 3.94. The van der Waals surface area contributed by atoms with Gasteiger partial charge < -0.3 is 5.32 Å². The molecule has 1 aliphatic heterocycles. The van der Waals surface area contributed by atoms with Crippen LogP contribution in [0.2, 0.25) is 5.02 Å². The number of hydrogen-bond donors (Lipinski definition) is 1. The van der Waals surface area contributed by atoms with E-state index in [4.69, 9.17) is 11.6 Å². The first kappa shape index (κ1) is 21.8. The molecule has 0 saturated heterocycles. The highest BCUT2D eigenvalue weighted by molar-refractivity contribution is 6.37. The van der Waals surface area contributed by atoms with E-state index < -0.39 is 0 Å². The topological polar surface area (TPSA) is 49.4 Å². The van der Waals surface area contributed by atoms with Crippen molar-refractivity contribution in [1.29, 1.82) is 0 Å². The summed E-state index contributed by atoms with van der Waals surface area (Å²) in [6.45, 7) is 8.13. The van der Waals surface area contributed by atoms with Gasteiger partial charge in [-0.3, -0.25) is 14.5 Å². The standard InChI is InChI=1S/C27H25ClN2O2/c1-16-9-12-22(19(4)13-16)24-25(29-21-11-10-17(2)18(3)14-21)27(32)30(26(24)31)15-20-7-5-6-8-23(20)28/h5-14,29H,15H2,1-4H3. The second kappa shape index (κ2) is 8.64. The van der Waals surface area contributed by atoms with E-state index in [2.05, 4.69) is 5.32 Å². The smallest absolute Gasteiger partial charge is 0.278 e. The molecule has 1 N–H and O–H groups in total. The molecule has 162 valence electrons. The lowest BCUT2D eigenvalue weighted by Gasteiger charge is -2.16. The van der Waals surface area contributed by atoms with E-state index >= 15 is 0 Å². The van der Waals surface area contributed by atoms with Gasteiger partial charge in [0.05, 0.1) is 12.1 Å². The Morgan fingerprint density at radius 2 is 1.56 bits per heavy atom. The first-order chi connectivity index (χ1) is 15.3. The molecule has 0 spiro atoms. The molecule has 0 saturated carbocycles. The van der Waals surface area contributed by atoms with Gasteiger partial charge in [-0.15, -0.1) is 0 Å². The maximum absolute atomic E-state index is 13.6. The number of halogens is 1. The number of anilines is 1. The molecule has 4 nitrogen and oxygen atoms in total. The van der Waals surface area contributed by atoms with Crippen LogP contribution in [0.1, 0.15) is 33.4 Å². The number of rotatable bonds is 5. The molecule has 0 atom stereocenters. The molecule has 4 rings (SSSR count). The van der Waals surface area contributed by atoms with E-state index in [1.54, 1.807) is 6.07 Å². The van der Waals surface area contributed by atoms with Gasteiger partial charge in [-0.25, -0.2) is 0 Å². The number of carbonyl (C=O) groups is 2. The summed E-state index contributed by atoms with van der Waals surface area (Å²) < 4.78 is 0. The Morgan fingerprint density at radius 1 is 0.812 bits per heavy atom. The van der Waals surface area contributed by atoms with E-state index in [0.717, 1.165) is 39.1 Å². The van der Waals surface area contributed by atoms with Crippen molar-refractivity contribution in [3.05, 3.63) is 105 Å². The van der Waals surface area contributed by atoms with Crippen molar-refractivity contribution in [2.24, 2.45) is 0 Å². The van der Waals surface area contributed by atoms with Gasteiger partial charge in [0.15, 0.2) is 0 Å². The molecular formula is C27H25ClN2O2. The number of nitrogens with one attached hydrogen (secondary N) is 1. The third-order valence-corrected chi connectivity index (χ3v) is 6.25. The van der Waals surface area contributed by atoms with Crippen molar-refractivity contribution < 1.29 is 9.59 Å². The fourth-order valence-corrected chi connectivity index (χ4v) is 4.14. The predicted molar refractivity (Wildman–Crippen MR) is 129 cm³/mol. The molecule has 3 aromatic rings. The molecule has 0 radical (unpaired) electrons. The first-order valence-corrected chi connectivity index (χ1v) is 10.9. The van der Waals surface area contributed by atoms with E-state index in [9.17, 15) is 9.59 Å². The van der Waals surface area contributed by atoms with Crippen LogP contribution in [0.25, 0.3) is 5.57 Å². The summed E-state index contributed by atoms with van der Waals surface area (Å²) in [5, 5.41) is 3.77. The summed E-state index contributed by atoms with van der Waals surface area (Å²) in [6.07, 6.45) is 0. The first-order valence-electron chi connectivity index (χ1n) is 10.5. The summed E-state index contributed by atoms with van der Waals surface area (Å²) >= 11 is 6.31. The minimum Gasteiger partial charge on any atom is -0.350 e. The number of amides is 2. The molecule has 32 heavy (non-hydrogen) atoms. The average Bonchev–Trinajstić information content (AvgIpc) is 2.97. The lowest BCUT2D eigenvalue weighted by Crippen LogP contribution is -2.32. The van der Waals surface area contributed by atoms with Crippen molar-refractivity contribution >= 4 is 34.7 Å². The number of benzene rings is 3. The number of imide groups is 1. The quantitative estimate of drug-likeness (QED) is 0.493. The van der Waals surface area contributed by atoms with Gasteiger partial charge in [0.25, 0.3) is 11.8 Å². The highest BCUT2D eigenvalue weighted by Crippen LogP contribution is 2.34. The maximum atomic E-state index is 13.6. The van der Waals surface area contributed by atoms with Gasteiger partial charge in [0.1, 0.15) is 5.70 Å². The van der Waals surface area contributed by atoms with E-state index in [1.807, 2.05) is 82.3 Å². The molecule has 2 amide bonds. The van der Waals surface area contributed by atoms with Crippen molar-refractivity contribution in [2.75, 3.05) is 5.32 Å². The Balaban J connectivity index is 1.80. The van der Waals surface area contributed by atoms with Crippen LogP contribution in [-0.2, 0) is 16.1 Å². The van der Waals surface area contributed by atoms with Crippen LogP contribution >= 0.6 is 11.6 Å². The molecular weight excluding hydrogens is 420 g/mol. The van der Waals surface area contributed by atoms with E-state index in [0.29, 0.717) is 10.6 Å². The zero-order valence-corrected chi connectivity index (χ0v) is 19.4. The Labute approximate surface area is 193 Å². The molecule has 0 aromatic heterocycles. The molecule has 1 aliphatic rings. The Kier molecular flexibility index (Phi) is 5.90. The molecule has 0 bridgehead atoms. The summed E-state index contributed by atoms with van der Waals surface area (Å²) in [5.41, 5.74) is 7.23. The molecule has 3 aromatic carbocycles. The lowest BCUT2D eigenvalue weighted by atomic mass is 9.97. The number of nitrogens with zero attached hydrogens (tertiary/aromatic N) is 1. The normalized spacial score (nSPS) is 13.8. The minimum atomic E-state index is -0.358. The molecule has 1 heterocycles. The minimum absolute atomic E-state index is 0.115. The van der Waals surface area contributed by atoms with E-state index in [1.165, 1.54) is 4.90 Å². The van der Waals surface area contributed by atoms with Gasteiger partial charge >= 0.3 is 0 Å². The number of aryl methyl sites for hydroxylation is 4. The summed E-state index contributed by atoms with van der Waals surface area (Å²) in [7, 11) is 0. The van der Waals surface area contributed by atoms with Crippen molar-refractivity contribution in [3.8, 4) is 0 Å². The second-order valence-electron chi connectivity index (χ2n) is 8.28. The van der Waals surface area contributed by atoms with Crippen LogP contribution in [0.5, 0.6) is 0 Å². The van der Waals surface area contributed by atoms with E-state index in [-0.39, 0.29) is 24.1 Å². The highest BCUT2D eigenvalue weighted by atomic mass is 35.5. The Bertz CT molecular complexity index is 1280. The van der Waals surface area contributed by atoms with Crippen LogP contribution in [0, 0.1) is 27.7 Å². The van der Waals surface area contributed by atoms with Gasteiger partial charge in [-0.05, 0) is 73.7 Å². The predicted octanol–water partition coefficient (Wildman–Crippen LogP) is 5.97. The second-order valence-corrected chi connectivity index (χ2v) is 8.69. The van der Waals surface area contributed by atoms with Crippen LogP contribution in [0.4, 0.5) is 5.69 Å². The van der Waals surface area contributed by atoms with Gasteiger partial charge in [-0.1, -0.05) is 59.6 Å². The average molecular weight is 445 g/mol. The Hall–Kier alpha value is -3.37. The van der Waals surface area contributed by atoms with Crippen molar-refractivity contribution in [1.82, 2.24) is 4.90 Å². The fraction of sp³-hybridized carbons (Fsp3) is 0.185. The summed E-state index contributed by atoms with van der Waals surface area (Å²) in [4.78, 5) is 28.3. The van der Waals surface area contributed by atoms with Crippen molar-refractivity contribution in [3.63, 3.8) is 0 Å². The summed E-state index contributed by atoms with van der Waals surface area (Å²) in [5.74, 6) is -0.684. The maximum Gasteiger partial charge on any atom is 0.278 e. The van der Waals surface area contributed by atoms with Crippen LogP contribution in [-0.4, -0.2) is 16.7 Å². The lowest BCUT2D eigenvalue weighted by molar-refractivity contribution is -0.137. The van der Waals surface area contributed by atoms with Gasteiger partial charge in [0.2, 0.25) is 0 Å². The van der Waals surface area contributed by atoms with Gasteiger partial charge in [0, 0.05) is 10.7 Å². The number of carbonyl (C=O) groups excluding carboxylic acids is 2. The Morgan fingerprint density at radius 3 is 2.25 bits per heavy atom. The third kappa shape index (κ3) is 4.06. The zero-order chi connectivity index (χ0) is 23.0. The largest absolute Gasteiger partial charge is 0.350 e. The van der Waals surface area contributed by atoms with Crippen molar-refractivity contribution in [2.45, 2.75) is 34.2 Å². The SMILES string of the molecule is Cc1ccc(C2=C(Nc3ccc(C)c(C)c3)C(=O)N(Cc3ccccc3Cl)C2=O)c(C)c1. The third-order valence-electron chi connectivity index (χ3n) is 5.88. The van der Waals surface area contributed by atoms with Gasteiger partial charge in [-0.2, -0.15) is 0 Å². The molecule has 0 unspecified atom stereocenters. The molecule has 0 aliphatic carbocycles. The van der Waals surface area contributed by atoms with Crippen LogP contribution < -0.4 is 5.32 Å². The highest BCUT2D eigenvalue weighted by Gasteiger charge is 2.40. The van der Waals surface area contributed by atoms with Crippen LogP contribution in [0.3, 0.4) is 0 Å². The zero-order valence-electron chi connectivity index (χ0n) is 18.6. The molecule has 0 fully saturated rings. The van der Waals surface area contributed by atoms with Crippen LogP contribution in [0.15, 0.2) is 66.4 Å². The molecule has 5 heteroatoms.